The molecule has 0 unspecified atom stereocenters. The van der Waals surface area contributed by atoms with E-state index in [-0.39, 0.29) is 11.6 Å². The molecule has 0 aliphatic heterocycles. The summed E-state index contributed by atoms with van der Waals surface area (Å²) in [6.45, 7) is 12.5. The molecule has 4 rings (SSSR count). The van der Waals surface area contributed by atoms with Crippen LogP contribution in [0.2, 0.25) is 0 Å². The standard InChI is InChI=1S/C24H23NO2/c1-11-12(2)15(5)21-19(13(11)3)14(4)16(6)22(25-21)20-23(26)17-9-7-8-10-18(17)24(20)27/h7-10,20H,1-6H3. The molecule has 0 amide bonds. The number of carbonyl (C=O) groups excluding carboxylic acids is 2. The maximum Gasteiger partial charge on any atom is 0.180 e. The van der Waals surface area contributed by atoms with Crippen LogP contribution in [0.1, 0.15) is 65.7 Å². The molecule has 1 aliphatic rings. The van der Waals surface area contributed by atoms with Crippen LogP contribution in [0.25, 0.3) is 10.9 Å². The normalized spacial score (nSPS) is 14.3. The number of hydrogen-bond donors (Lipinski definition) is 0. The summed E-state index contributed by atoms with van der Waals surface area (Å²) >= 11 is 0. The van der Waals surface area contributed by atoms with Gasteiger partial charge in [-0.2, -0.15) is 0 Å². The van der Waals surface area contributed by atoms with Gasteiger partial charge in [-0.05, 0) is 74.9 Å². The third kappa shape index (κ3) is 2.24. The third-order valence-electron chi connectivity index (χ3n) is 6.46. The molecular weight excluding hydrogens is 334 g/mol. The number of benzene rings is 2. The van der Waals surface area contributed by atoms with Crippen molar-refractivity contribution in [2.75, 3.05) is 0 Å². The highest BCUT2D eigenvalue weighted by Gasteiger charge is 2.41. The Balaban J connectivity index is 2.04. The molecule has 27 heavy (non-hydrogen) atoms. The van der Waals surface area contributed by atoms with Crippen LogP contribution < -0.4 is 0 Å². The van der Waals surface area contributed by atoms with Gasteiger partial charge in [0.05, 0.1) is 11.2 Å². The van der Waals surface area contributed by atoms with Gasteiger partial charge in [-0.3, -0.25) is 14.6 Å². The van der Waals surface area contributed by atoms with Gasteiger partial charge in [-0.1, -0.05) is 24.3 Å². The molecule has 0 saturated heterocycles. The second-order valence-electron chi connectivity index (χ2n) is 7.68. The highest BCUT2D eigenvalue weighted by Crippen LogP contribution is 2.38. The zero-order valence-corrected chi connectivity index (χ0v) is 16.7. The van der Waals surface area contributed by atoms with Crippen LogP contribution in [0.3, 0.4) is 0 Å². The van der Waals surface area contributed by atoms with Crippen molar-refractivity contribution in [3.63, 3.8) is 0 Å². The Morgan fingerprint density at radius 2 is 1.15 bits per heavy atom. The van der Waals surface area contributed by atoms with Crippen molar-refractivity contribution in [1.82, 2.24) is 4.98 Å². The van der Waals surface area contributed by atoms with Crippen molar-refractivity contribution in [2.45, 2.75) is 47.5 Å². The third-order valence-corrected chi connectivity index (χ3v) is 6.46. The number of aromatic nitrogens is 1. The van der Waals surface area contributed by atoms with Crippen LogP contribution in [0.5, 0.6) is 0 Å². The molecule has 0 spiro atoms. The van der Waals surface area contributed by atoms with Crippen LogP contribution in [-0.2, 0) is 0 Å². The fraction of sp³-hybridized carbons (Fsp3) is 0.292. The van der Waals surface area contributed by atoms with Crippen molar-refractivity contribution in [2.24, 2.45) is 0 Å². The molecule has 3 aromatic rings. The van der Waals surface area contributed by atoms with E-state index in [9.17, 15) is 9.59 Å². The van der Waals surface area contributed by atoms with E-state index in [2.05, 4.69) is 34.6 Å². The highest BCUT2D eigenvalue weighted by molar-refractivity contribution is 6.29. The van der Waals surface area contributed by atoms with Crippen LogP contribution in [0.15, 0.2) is 24.3 Å². The number of fused-ring (bicyclic) bond motifs is 2. The first-order valence-corrected chi connectivity index (χ1v) is 9.30. The van der Waals surface area contributed by atoms with E-state index in [0.717, 1.165) is 27.6 Å². The number of aryl methyl sites for hydroxylation is 3. The predicted octanol–water partition coefficient (Wildman–Crippen LogP) is 5.25. The number of pyridine rings is 1. The van der Waals surface area contributed by atoms with Crippen LogP contribution in [0.4, 0.5) is 0 Å². The predicted molar refractivity (Wildman–Crippen MR) is 108 cm³/mol. The maximum absolute atomic E-state index is 13.0. The highest BCUT2D eigenvalue weighted by atomic mass is 16.2. The minimum Gasteiger partial charge on any atom is -0.293 e. The van der Waals surface area contributed by atoms with Crippen LogP contribution in [-0.4, -0.2) is 16.6 Å². The van der Waals surface area contributed by atoms with E-state index >= 15 is 0 Å². The summed E-state index contributed by atoms with van der Waals surface area (Å²) in [5, 5.41) is 1.15. The Morgan fingerprint density at radius 1 is 0.667 bits per heavy atom. The topological polar surface area (TPSA) is 47.0 Å². The molecule has 3 nitrogen and oxygen atoms in total. The smallest absolute Gasteiger partial charge is 0.180 e. The Hall–Kier alpha value is -2.81. The van der Waals surface area contributed by atoms with E-state index in [0.29, 0.717) is 16.8 Å². The van der Waals surface area contributed by atoms with E-state index in [1.165, 1.54) is 16.7 Å². The summed E-state index contributed by atoms with van der Waals surface area (Å²) in [5.74, 6) is -1.10. The summed E-state index contributed by atoms with van der Waals surface area (Å²) in [4.78, 5) is 31.0. The van der Waals surface area contributed by atoms with Crippen molar-refractivity contribution in [3.8, 4) is 0 Å². The Labute approximate surface area is 159 Å². The molecule has 1 aliphatic carbocycles. The number of nitrogens with zero attached hydrogens (tertiary/aromatic N) is 1. The van der Waals surface area contributed by atoms with Gasteiger partial charge < -0.3 is 0 Å². The molecule has 3 heteroatoms. The monoisotopic (exact) mass is 357 g/mol. The first-order valence-electron chi connectivity index (χ1n) is 9.30. The molecule has 136 valence electrons. The summed E-state index contributed by atoms with van der Waals surface area (Å²) < 4.78 is 0. The van der Waals surface area contributed by atoms with Gasteiger partial charge in [0.1, 0.15) is 5.92 Å². The summed E-state index contributed by atoms with van der Waals surface area (Å²) in [6, 6.07) is 7.08. The van der Waals surface area contributed by atoms with Gasteiger partial charge in [0.2, 0.25) is 0 Å². The molecule has 0 N–H and O–H groups in total. The Bertz CT molecular complexity index is 1140. The SMILES string of the molecule is Cc1c(C)c(C)c2c(C)c(C)c(C3C(=O)c4ccccc4C3=O)nc2c1C. The molecular formula is C24H23NO2. The molecule has 0 saturated carbocycles. The number of rotatable bonds is 1. The lowest BCUT2D eigenvalue weighted by Gasteiger charge is -2.20. The molecule has 0 fully saturated rings. The van der Waals surface area contributed by atoms with Gasteiger partial charge in [-0.15, -0.1) is 0 Å². The van der Waals surface area contributed by atoms with Crippen molar-refractivity contribution in [1.29, 1.82) is 0 Å². The minimum atomic E-state index is -0.827. The molecule has 1 aromatic heterocycles. The van der Waals surface area contributed by atoms with Gasteiger partial charge >= 0.3 is 0 Å². The maximum atomic E-state index is 13.0. The number of carbonyl (C=O) groups is 2. The van der Waals surface area contributed by atoms with Gasteiger partial charge in [0.25, 0.3) is 0 Å². The lowest BCUT2D eigenvalue weighted by atomic mass is 9.87. The van der Waals surface area contributed by atoms with Gasteiger partial charge in [0.15, 0.2) is 11.6 Å². The van der Waals surface area contributed by atoms with Crippen LogP contribution in [0, 0.1) is 41.5 Å². The summed E-state index contributed by atoms with van der Waals surface area (Å²) in [5.41, 5.74) is 9.42. The molecule has 0 bridgehead atoms. The van der Waals surface area contributed by atoms with Crippen molar-refractivity contribution in [3.05, 3.63) is 74.5 Å². The molecule has 0 atom stereocenters. The van der Waals surface area contributed by atoms with E-state index in [1.807, 2.05) is 6.92 Å². The number of ketones is 2. The molecule has 1 heterocycles. The second kappa shape index (κ2) is 5.85. The van der Waals surface area contributed by atoms with Crippen molar-refractivity contribution < 1.29 is 9.59 Å². The zero-order chi connectivity index (χ0) is 19.6. The van der Waals surface area contributed by atoms with Crippen LogP contribution >= 0.6 is 0 Å². The molecule has 0 radical (unpaired) electrons. The zero-order valence-electron chi connectivity index (χ0n) is 16.7. The number of hydrogen-bond acceptors (Lipinski definition) is 3. The molecule has 2 aromatic carbocycles. The number of Topliss-reactive ketones (excluding diaryl/α,β-unsaturated/α-hetero) is 2. The lowest BCUT2D eigenvalue weighted by Crippen LogP contribution is -2.17. The van der Waals surface area contributed by atoms with Crippen molar-refractivity contribution >= 4 is 22.5 Å². The quantitative estimate of drug-likeness (QED) is 0.559. The largest absolute Gasteiger partial charge is 0.293 e. The Kier molecular flexibility index (Phi) is 3.81. The minimum absolute atomic E-state index is 0.136. The first kappa shape index (κ1) is 17.6. The fourth-order valence-electron chi connectivity index (χ4n) is 4.35. The van der Waals surface area contributed by atoms with Gasteiger partial charge in [0, 0.05) is 16.5 Å². The van der Waals surface area contributed by atoms with E-state index in [1.54, 1.807) is 24.3 Å². The average molecular weight is 357 g/mol. The van der Waals surface area contributed by atoms with E-state index in [4.69, 9.17) is 4.98 Å². The second-order valence-corrected chi connectivity index (χ2v) is 7.68. The Morgan fingerprint density at radius 3 is 1.70 bits per heavy atom. The lowest BCUT2D eigenvalue weighted by molar-refractivity contribution is 0.0887. The summed E-state index contributed by atoms with van der Waals surface area (Å²) in [6.07, 6.45) is 0. The first-order chi connectivity index (χ1) is 12.8. The summed E-state index contributed by atoms with van der Waals surface area (Å²) in [7, 11) is 0. The average Bonchev–Trinajstić information content (AvgIpc) is 2.91. The van der Waals surface area contributed by atoms with Gasteiger partial charge in [-0.25, -0.2) is 0 Å². The fourth-order valence-corrected chi connectivity index (χ4v) is 4.35. The van der Waals surface area contributed by atoms with E-state index < -0.39 is 5.92 Å².